The Balaban J connectivity index is 2.30. The molecule has 0 aliphatic heterocycles. The Morgan fingerprint density at radius 1 is 1.25 bits per heavy atom. The molecule has 0 saturated carbocycles. The van der Waals surface area contributed by atoms with Gasteiger partial charge in [-0.05, 0) is 38.0 Å². The third-order valence-electron chi connectivity index (χ3n) is 3.63. The normalized spacial score (nSPS) is 12.0. The first-order valence-corrected chi connectivity index (χ1v) is 8.04. The second kappa shape index (κ2) is 7.77. The summed E-state index contributed by atoms with van der Waals surface area (Å²) in [5, 5.41) is 3.32. The molecule has 1 aromatic carbocycles. The molecule has 24 heavy (non-hydrogen) atoms. The Morgan fingerprint density at radius 2 is 2.00 bits per heavy atom. The van der Waals surface area contributed by atoms with Crippen LogP contribution >= 0.6 is 0 Å². The molecule has 6 heteroatoms. The molecule has 0 aliphatic carbocycles. The summed E-state index contributed by atoms with van der Waals surface area (Å²) in [4.78, 5) is 35.7. The molecule has 0 spiro atoms. The predicted molar refractivity (Wildman–Crippen MR) is 90.2 cm³/mol. The van der Waals surface area contributed by atoms with E-state index in [9.17, 15) is 14.4 Å². The van der Waals surface area contributed by atoms with Crippen molar-refractivity contribution < 1.29 is 18.7 Å². The molecule has 2 rings (SSSR count). The van der Waals surface area contributed by atoms with E-state index < -0.39 is 11.5 Å². The van der Waals surface area contributed by atoms with Gasteiger partial charge >= 0.3 is 11.6 Å². The number of amides is 1. The molecule has 0 fully saturated rings. The molecule has 0 saturated heterocycles. The van der Waals surface area contributed by atoms with Crippen molar-refractivity contribution in [2.45, 2.75) is 46.1 Å². The molecular weight excluding hydrogens is 310 g/mol. The van der Waals surface area contributed by atoms with E-state index in [1.807, 2.05) is 20.8 Å². The average molecular weight is 331 g/mol. The van der Waals surface area contributed by atoms with Crippen LogP contribution in [0.25, 0.3) is 11.0 Å². The van der Waals surface area contributed by atoms with Crippen LogP contribution in [0.1, 0.15) is 50.4 Å². The Hall–Kier alpha value is -2.63. The van der Waals surface area contributed by atoms with Crippen molar-refractivity contribution in [2.75, 3.05) is 0 Å². The number of carbonyl (C=O) groups excluding carboxylic acids is 2. The van der Waals surface area contributed by atoms with E-state index in [2.05, 4.69) is 5.32 Å². The molecule has 0 bridgehead atoms. The SMILES string of the molecule is CCCC(=O)Oc1ccc2cc(C(=O)NC(C)CC)c(=O)oc2c1. The van der Waals surface area contributed by atoms with Crippen LogP contribution in [0.15, 0.2) is 33.5 Å². The lowest BCUT2D eigenvalue weighted by atomic mass is 10.1. The van der Waals surface area contributed by atoms with E-state index in [4.69, 9.17) is 9.15 Å². The van der Waals surface area contributed by atoms with E-state index in [-0.39, 0.29) is 23.2 Å². The van der Waals surface area contributed by atoms with Crippen LogP contribution < -0.4 is 15.7 Å². The van der Waals surface area contributed by atoms with Crippen LogP contribution in [0.5, 0.6) is 5.75 Å². The van der Waals surface area contributed by atoms with Gasteiger partial charge in [-0.3, -0.25) is 9.59 Å². The van der Waals surface area contributed by atoms with Crippen molar-refractivity contribution >= 4 is 22.8 Å². The third-order valence-corrected chi connectivity index (χ3v) is 3.63. The summed E-state index contributed by atoms with van der Waals surface area (Å²) in [6.45, 7) is 5.68. The number of ether oxygens (including phenoxy) is 1. The van der Waals surface area contributed by atoms with Crippen LogP contribution in [0.3, 0.4) is 0 Å². The van der Waals surface area contributed by atoms with Crippen molar-refractivity contribution in [1.82, 2.24) is 5.32 Å². The number of nitrogens with one attached hydrogen (secondary N) is 1. The van der Waals surface area contributed by atoms with E-state index in [1.165, 1.54) is 12.1 Å². The third kappa shape index (κ3) is 4.22. The Labute approximate surface area is 139 Å². The zero-order valence-corrected chi connectivity index (χ0v) is 14.0. The van der Waals surface area contributed by atoms with Gasteiger partial charge in [-0.2, -0.15) is 0 Å². The summed E-state index contributed by atoms with van der Waals surface area (Å²) < 4.78 is 10.4. The highest BCUT2D eigenvalue weighted by atomic mass is 16.5. The summed E-state index contributed by atoms with van der Waals surface area (Å²) in [7, 11) is 0. The Morgan fingerprint density at radius 3 is 2.67 bits per heavy atom. The minimum absolute atomic E-state index is 0.0343. The predicted octanol–water partition coefficient (Wildman–Crippen LogP) is 3.03. The van der Waals surface area contributed by atoms with Crippen molar-refractivity contribution in [3.63, 3.8) is 0 Å². The van der Waals surface area contributed by atoms with Crippen LogP contribution in [-0.4, -0.2) is 17.9 Å². The summed E-state index contributed by atoms with van der Waals surface area (Å²) in [6, 6.07) is 6.17. The average Bonchev–Trinajstić information content (AvgIpc) is 2.54. The van der Waals surface area contributed by atoms with Crippen LogP contribution in [0.2, 0.25) is 0 Å². The zero-order valence-electron chi connectivity index (χ0n) is 14.0. The first kappa shape index (κ1) is 17.7. The molecular formula is C18H21NO5. The zero-order chi connectivity index (χ0) is 17.7. The fourth-order valence-corrected chi connectivity index (χ4v) is 2.10. The van der Waals surface area contributed by atoms with E-state index >= 15 is 0 Å². The minimum Gasteiger partial charge on any atom is -0.426 e. The first-order chi connectivity index (χ1) is 11.4. The lowest BCUT2D eigenvalue weighted by Gasteiger charge is -2.11. The molecule has 1 N–H and O–H groups in total. The second-order valence-electron chi connectivity index (χ2n) is 5.65. The highest BCUT2D eigenvalue weighted by Gasteiger charge is 2.16. The maximum absolute atomic E-state index is 12.1. The minimum atomic E-state index is -0.722. The molecule has 6 nitrogen and oxygen atoms in total. The molecule has 0 aliphatic rings. The summed E-state index contributed by atoms with van der Waals surface area (Å²) in [5.74, 6) is -0.497. The van der Waals surface area contributed by atoms with E-state index in [0.717, 1.165) is 6.42 Å². The smallest absolute Gasteiger partial charge is 0.349 e. The van der Waals surface area contributed by atoms with Gasteiger partial charge in [0.25, 0.3) is 5.91 Å². The molecule has 1 unspecified atom stereocenters. The van der Waals surface area contributed by atoms with Crippen molar-refractivity contribution in [1.29, 1.82) is 0 Å². The lowest BCUT2D eigenvalue weighted by molar-refractivity contribution is -0.134. The summed E-state index contributed by atoms with van der Waals surface area (Å²) in [6.07, 6.45) is 1.77. The van der Waals surface area contributed by atoms with Gasteiger partial charge in [-0.15, -0.1) is 0 Å². The fourth-order valence-electron chi connectivity index (χ4n) is 2.10. The standard InChI is InChI=1S/C18H21NO5/c1-4-6-16(20)23-13-8-7-12-9-14(17(21)19-11(3)5-2)18(22)24-15(12)10-13/h7-11H,4-6H2,1-3H3,(H,19,21). The highest BCUT2D eigenvalue weighted by Crippen LogP contribution is 2.21. The Kier molecular flexibility index (Phi) is 5.73. The number of fused-ring (bicyclic) bond motifs is 1. The van der Waals surface area contributed by atoms with Gasteiger partial charge in [0.15, 0.2) is 0 Å². The van der Waals surface area contributed by atoms with E-state index in [0.29, 0.717) is 24.0 Å². The number of hydrogen-bond donors (Lipinski definition) is 1. The van der Waals surface area contributed by atoms with Crippen molar-refractivity contribution in [3.8, 4) is 5.75 Å². The quantitative estimate of drug-likeness (QED) is 0.499. The number of carbonyl (C=O) groups is 2. The maximum atomic E-state index is 12.1. The molecule has 1 heterocycles. The number of esters is 1. The highest BCUT2D eigenvalue weighted by molar-refractivity contribution is 5.96. The van der Waals surface area contributed by atoms with Crippen molar-refractivity contribution in [2.24, 2.45) is 0 Å². The summed E-state index contributed by atoms with van der Waals surface area (Å²) >= 11 is 0. The van der Waals surface area contributed by atoms with Crippen molar-refractivity contribution in [3.05, 3.63) is 40.2 Å². The maximum Gasteiger partial charge on any atom is 0.349 e. The van der Waals surface area contributed by atoms with Crippen LogP contribution in [0.4, 0.5) is 0 Å². The van der Waals surface area contributed by atoms with Gasteiger partial charge in [0.2, 0.25) is 0 Å². The monoisotopic (exact) mass is 331 g/mol. The van der Waals surface area contributed by atoms with Gasteiger partial charge in [-0.1, -0.05) is 13.8 Å². The number of benzene rings is 1. The van der Waals surface area contributed by atoms with Gasteiger partial charge in [0.05, 0.1) is 0 Å². The number of rotatable bonds is 6. The van der Waals surface area contributed by atoms with Crippen LogP contribution in [0, 0.1) is 0 Å². The van der Waals surface area contributed by atoms with Gasteiger partial charge in [-0.25, -0.2) is 4.79 Å². The fraction of sp³-hybridized carbons (Fsp3) is 0.389. The van der Waals surface area contributed by atoms with Crippen LogP contribution in [-0.2, 0) is 4.79 Å². The number of hydrogen-bond acceptors (Lipinski definition) is 5. The molecule has 1 aromatic heterocycles. The molecule has 0 radical (unpaired) electrons. The van der Waals surface area contributed by atoms with Gasteiger partial charge in [0, 0.05) is 23.9 Å². The van der Waals surface area contributed by atoms with Gasteiger partial charge in [0.1, 0.15) is 16.9 Å². The summed E-state index contributed by atoms with van der Waals surface area (Å²) in [5.41, 5.74) is -0.499. The molecule has 2 aromatic rings. The topological polar surface area (TPSA) is 85.6 Å². The van der Waals surface area contributed by atoms with Gasteiger partial charge < -0.3 is 14.5 Å². The van der Waals surface area contributed by atoms with E-state index in [1.54, 1.807) is 12.1 Å². The largest absolute Gasteiger partial charge is 0.426 e. The molecule has 1 atom stereocenters. The Bertz CT molecular complexity index is 809. The molecule has 1 amide bonds. The molecule has 128 valence electrons. The lowest BCUT2D eigenvalue weighted by Crippen LogP contribution is -2.34. The first-order valence-electron chi connectivity index (χ1n) is 8.04. The second-order valence-corrected chi connectivity index (χ2v) is 5.65.